The normalized spacial score (nSPS) is 32.0. The number of carbonyl (C=O) groups excluding carboxylic acids is 1. The summed E-state index contributed by atoms with van der Waals surface area (Å²) in [6.45, 7) is 1.29. The van der Waals surface area contributed by atoms with Crippen LogP contribution in [0, 0.1) is 11.8 Å². The van der Waals surface area contributed by atoms with E-state index in [0.717, 1.165) is 32.2 Å². The molecule has 2 amide bonds. The van der Waals surface area contributed by atoms with Crippen LogP contribution in [0.3, 0.4) is 0 Å². The van der Waals surface area contributed by atoms with E-state index < -0.39 is 10.0 Å². The number of rotatable bonds is 5. The molecule has 0 aromatic rings. The molecule has 2 saturated carbocycles. The van der Waals surface area contributed by atoms with Crippen molar-refractivity contribution in [3.05, 3.63) is 0 Å². The lowest BCUT2D eigenvalue weighted by atomic mass is 9.88. The Bertz CT molecular complexity index is 531. The summed E-state index contributed by atoms with van der Waals surface area (Å²) in [7, 11) is -3.17. The molecule has 1 saturated heterocycles. The molecule has 2 N–H and O–H groups in total. The molecule has 1 heterocycles. The van der Waals surface area contributed by atoms with Crippen LogP contribution in [0.25, 0.3) is 0 Å². The van der Waals surface area contributed by atoms with E-state index in [2.05, 4.69) is 10.0 Å². The first kappa shape index (κ1) is 17.0. The maximum Gasteiger partial charge on any atom is 0.317 e. The van der Waals surface area contributed by atoms with Crippen molar-refractivity contribution in [3.8, 4) is 0 Å². The lowest BCUT2D eigenvalue weighted by Crippen LogP contribution is -2.59. The maximum atomic E-state index is 12.6. The summed E-state index contributed by atoms with van der Waals surface area (Å²) in [6.07, 6.45) is 10.4. The van der Waals surface area contributed by atoms with Gasteiger partial charge in [0.25, 0.3) is 0 Å². The molecule has 3 atom stereocenters. The number of carbonyl (C=O) groups is 1. The molecule has 2 aliphatic carbocycles. The van der Waals surface area contributed by atoms with Gasteiger partial charge in [0.05, 0.1) is 6.26 Å². The first-order chi connectivity index (χ1) is 10.9. The SMILES string of the molecule is CS(=O)(=O)NCC1CCCC1NC(=O)N1CCC1C1CCCC1. The van der Waals surface area contributed by atoms with Crippen LogP contribution in [0.2, 0.25) is 0 Å². The van der Waals surface area contributed by atoms with Gasteiger partial charge in [-0.1, -0.05) is 19.3 Å². The fourth-order valence-corrected chi connectivity index (χ4v) is 4.98. The zero-order valence-electron chi connectivity index (χ0n) is 14.0. The van der Waals surface area contributed by atoms with E-state index in [0.29, 0.717) is 18.5 Å². The Balaban J connectivity index is 1.50. The van der Waals surface area contributed by atoms with Gasteiger partial charge in [0.2, 0.25) is 10.0 Å². The van der Waals surface area contributed by atoms with Crippen molar-refractivity contribution < 1.29 is 13.2 Å². The fraction of sp³-hybridized carbons (Fsp3) is 0.938. The molecule has 3 rings (SSSR count). The van der Waals surface area contributed by atoms with Crippen molar-refractivity contribution in [1.29, 1.82) is 0 Å². The summed E-state index contributed by atoms with van der Waals surface area (Å²) in [5.74, 6) is 0.903. The van der Waals surface area contributed by atoms with Crippen molar-refractivity contribution in [2.24, 2.45) is 11.8 Å². The largest absolute Gasteiger partial charge is 0.335 e. The van der Waals surface area contributed by atoms with Gasteiger partial charge in [0, 0.05) is 25.2 Å². The number of hydrogen-bond acceptors (Lipinski definition) is 3. The molecular formula is C16H29N3O3S. The van der Waals surface area contributed by atoms with E-state index in [9.17, 15) is 13.2 Å². The molecule has 0 radical (unpaired) electrons. The van der Waals surface area contributed by atoms with Gasteiger partial charge >= 0.3 is 6.03 Å². The summed E-state index contributed by atoms with van der Waals surface area (Å²) in [5, 5.41) is 3.17. The summed E-state index contributed by atoms with van der Waals surface area (Å²) in [5.41, 5.74) is 0. The number of nitrogens with one attached hydrogen (secondary N) is 2. The number of nitrogens with zero attached hydrogens (tertiary/aromatic N) is 1. The summed E-state index contributed by atoms with van der Waals surface area (Å²) < 4.78 is 25.1. The van der Waals surface area contributed by atoms with Crippen LogP contribution in [0.4, 0.5) is 4.79 Å². The van der Waals surface area contributed by atoms with Gasteiger partial charge < -0.3 is 10.2 Å². The summed E-state index contributed by atoms with van der Waals surface area (Å²) in [4.78, 5) is 14.6. The minimum absolute atomic E-state index is 0.0596. The molecule has 132 valence electrons. The van der Waals surface area contributed by atoms with Crippen LogP contribution >= 0.6 is 0 Å². The third-order valence-electron chi connectivity index (χ3n) is 5.85. The molecule has 3 unspecified atom stereocenters. The zero-order valence-corrected chi connectivity index (χ0v) is 14.8. The van der Waals surface area contributed by atoms with Gasteiger partial charge in [-0.05, 0) is 43.9 Å². The molecule has 23 heavy (non-hydrogen) atoms. The lowest BCUT2D eigenvalue weighted by molar-refractivity contribution is 0.0745. The topological polar surface area (TPSA) is 78.5 Å². The second kappa shape index (κ2) is 6.97. The van der Waals surface area contributed by atoms with Crippen LogP contribution in [0.15, 0.2) is 0 Å². The van der Waals surface area contributed by atoms with Crippen molar-refractivity contribution >= 4 is 16.1 Å². The third kappa shape index (κ3) is 4.18. The Morgan fingerprint density at radius 3 is 2.43 bits per heavy atom. The second-order valence-corrected chi connectivity index (χ2v) is 9.29. The van der Waals surface area contributed by atoms with Crippen molar-refractivity contribution in [1.82, 2.24) is 14.9 Å². The average molecular weight is 343 g/mol. The number of sulfonamides is 1. The van der Waals surface area contributed by atoms with Crippen molar-refractivity contribution in [2.45, 2.75) is 63.5 Å². The highest BCUT2D eigenvalue weighted by Crippen LogP contribution is 2.36. The molecule has 0 spiro atoms. The van der Waals surface area contributed by atoms with E-state index in [1.165, 1.54) is 31.9 Å². The van der Waals surface area contributed by atoms with Gasteiger partial charge in [-0.25, -0.2) is 17.9 Å². The monoisotopic (exact) mass is 343 g/mol. The molecule has 1 aliphatic heterocycles. The van der Waals surface area contributed by atoms with Gasteiger partial charge in [-0.15, -0.1) is 0 Å². The standard InChI is InChI=1S/C16H29N3O3S/c1-23(21,22)17-11-13-7-4-8-14(13)18-16(20)19-10-9-15(19)12-5-2-3-6-12/h12-15,17H,2-11H2,1H3,(H,18,20). The summed E-state index contributed by atoms with van der Waals surface area (Å²) in [6, 6.07) is 0.595. The minimum atomic E-state index is -3.17. The molecular weight excluding hydrogens is 314 g/mol. The first-order valence-electron chi connectivity index (χ1n) is 8.96. The third-order valence-corrected chi connectivity index (χ3v) is 6.54. The van der Waals surface area contributed by atoms with Gasteiger partial charge in [0.15, 0.2) is 0 Å². The molecule has 0 aromatic heterocycles. The predicted molar refractivity (Wildman–Crippen MR) is 89.6 cm³/mol. The maximum absolute atomic E-state index is 12.6. The molecule has 7 heteroatoms. The molecule has 0 aromatic carbocycles. The van der Waals surface area contributed by atoms with E-state index in [4.69, 9.17) is 0 Å². The van der Waals surface area contributed by atoms with E-state index in [-0.39, 0.29) is 18.0 Å². The Morgan fingerprint density at radius 2 is 1.83 bits per heavy atom. The van der Waals surface area contributed by atoms with Crippen LogP contribution in [0.1, 0.15) is 51.4 Å². The Labute approximate surface area is 139 Å². The predicted octanol–water partition coefficient (Wildman–Crippen LogP) is 1.68. The zero-order chi connectivity index (χ0) is 16.4. The number of amides is 2. The van der Waals surface area contributed by atoms with Crippen LogP contribution in [-0.4, -0.2) is 50.8 Å². The van der Waals surface area contributed by atoms with E-state index in [1.807, 2.05) is 4.90 Å². The van der Waals surface area contributed by atoms with Crippen LogP contribution in [-0.2, 0) is 10.0 Å². The van der Waals surface area contributed by atoms with Gasteiger partial charge in [-0.3, -0.25) is 0 Å². The highest BCUT2D eigenvalue weighted by atomic mass is 32.2. The molecule has 0 bridgehead atoms. The lowest BCUT2D eigenvalue weighted by Gasteiger charge is -2.45. The van der Waals surface area contributed by atoms with Crippen molar-refractivity contribution in [2.75, 3.05) is 19.3 Å². The van der Waals surface area contributed by atoms with E-state index >= 15 is 0 Å². The Kier molecular flexibility index (Phi) is 5.16. The quantitative estimate of drug-likeness (QED) is 0.797. The highest BCUT2D eigenvalue weighted by Gasteiger charge is 2.40. The Hall–Kier alpha value is -0.820. The number of likely N-dealkylation sites (tertiary alicyclic amines) is 1. The number of hydrogen-bond donors (Lipinski definition) is 2. The highest BCUT2D eigenvalue weighted by molar-refractivity contribution is 7.88. The molecule has 3 aliphatic rings. The Morgan fingerprint density at radius 1 is 1.09 bits per heavy atom. The van der Waals surface area contributed by atoms with Gasteiger partial charge in [0.1, 0.15) is 0 Å². The fourth-order valence-electron chi connectivity index (χ4n) is 4.46. The minimum Gasteiger partial charge on any atom is -0.335 e. The first-order valence-corrected chi connectivity index (χ1v) is 10.8. The second-order valence-electron chi connectivity index (χ2n) is 7.46. The van der Waals surface area contributed by atoms with Crippen LogP contribution < -0.4 is 10.0 Å². The summed E-state index contributed by atoms with van der Waals surface area (Å²) >= 11 is 0. The average Bonchev–Trinajstić information content (AvgIpc) is 3.06. The number of urea groups is 1. The molecule has 3 fully saturated rings. The van der Waals surface area contributed by atoms with Crippen molar-refractivity contribution in [3.63, 3.8) is 0 Å². The van der Waals surface area contributed by atoms with Crippen LogP contribution in [0.5, 0.6) is 0 Å². The smallest absolute Gasteiger partial charge is 0.317 e. The van der Waals surface area contributed by atoms with E-state index in [1.54, 1.807) is 0 Å². The molecule has 6 nitrogen and oxygen atoms in total. The van der Waals surface area contributed by atoms with Gasteiger partial charge in [-0.2, -0.15) is 0 Å².